The number of anilines is 1. The molecule has 2 heterocycles. The van der Waals surface area contributed by atoms with E-state index in [4.69, 9.17) is 16.3 Å². The SMILES string of the molecule is O=C(Nc1ccn(Cc2c(F)cccc2Cl)n1)c1ccn(COc2ccccc2)n1. The molecule has 4 aromatic rings. The van der Waals surface area contributed by atoms with Gasteiger partial charge in [0.1, 0.15) is 11.6 Å². The van der Waals surface area contributed by atoms with Crippen LogP contribution in [0.15, 0.2) is 73.1 Å². The summed E-state index contributed by atoms with van der Waals surface area (Å²) in [5.41, 5.74) is 0.552. The van der Waals surface area contributed by atoms with E-state index in [0.29, 0.717) is 22.2 Å². The van der Waals surface area contributed by atoms with Gasteiger partial charge in [0.2, 0.25) is 0 Å². The molecule has 0 atom stereocenters. The smallest absolute Gasteiger partial charge is 0.277 e. The van der Waals surface area contributed by atoms with Crippen LogP contribution < -0.4 is 10.1 Å². The van der Waals surface area contributed by atoms with E-state index >= 15 is 0 Å². The standard InChI is InChI=1S/C21H17ClFN5O2/c22-17-7-4-8-18(23)16(17)13-27-12-10-20(26-27)24-21(29)19-9-11-28(25-19)14-30-15-5-2-1-3-6-15/h1-12H,13-14H2,(H,24,26,29). The van der Waals surface area contributed by atoms with E-state index in [2.05, 4.69) is 15.5 Å². The summed E-state index contributed by atoms with van der Waals surface area (Å²) in [5, 5.41) is 11.4. The van der Waals surface area contributed by atoms with Crippen molar-refractivity contribution in [2.75, 3.05) is 5.32 Å². The van der Waals surface area contributed by atoms with E-state index in [1.165, 1.54) is 15.4 Å². The summed E-state index contributed by atoms with van der Waals surface area (Å²) in [6, 6.07) is 17.0. The summed E-state index contributed by atoms with van der Waals surface area (Å²) in [5.74, 6) is 0.205. The number of para-hydroxylation sites is 1. The number of nitrogens with zero attached hydrogens (tertiary/aromatic N) is 4. The highest BCUT2D eigenvalue weighted by Gasteiger charge is 2.13. The van der Waals surface area contributed by atoms with Gasteiger partial charge in [0, 0.05) is 29.0 Å². The number of carbonyl (C=O) groups excluding carboxylic acids is 1. The predicted octanol–water partition coefficient (Wildman–Crippen LogP) is 4.21. The van der Waals surface area contributed by atoms with Crippen molar-refractivity contribution in [3.05, 3.63) is 95.2 Å². The molecule has 0 aliphatic rings. The number of hydrogen-bond acceptors (Lipinski definition) is 4. The Morgan fingerprint density at radius 3 is 2.60 bits per heavy atom. The van der Waals surface area contributed by atoms with E-state index in [9.17, 15) is 9.18 Å². The van der Waals surface area contributed by atoms with Gasteiger partial charge in [-0.2, -0.15) is 10.2 Å². The van der Waals surface area contributed by atoms with Crippen molar-refractivity contribution in [2.24, 2.45) is 0 Å². The molecule has 0 saturated heterocycles. The summed E-state index contributed by atoms with van der Waals surface area (Å²) in [6.07, 6.45) is 3.28. The van der Waals surface area contributed by atoms with Crippen molar-refractivity contribution in [2.45, 2.75) is 13.3 Å². The number of rotatable bonds is 7. The monoisotopic (exact) mass is 425 g/mol. The van der Waals surface area contributed by atoms with Crippen molar-refractivity contribution < 1.29 is 13.9 Å². The Kier molecular flexibility index (Phi) is 5.76. The largest absolute Gasteiger partial charge is 0.471 e. The second-order valence-electron chi connectivity index (χ2n) is 6.38. The lowest BCUT2D eigenvalue weighted by Gasteiger charge is -2.06. The highest BCUT2D eigenvalue weighted by atomic mass is 35.5. The van der Waals surface area contributed by atoms with Crippen LogP contribution in [0.4, 0.5) is 10.2 Å². The lowest BCUT2D eigenvalue weighted by atomic mass is 10.2. The molecule has 2 aromatic carbocycles. The third-order valence-electron chi connectivity index (χ3n) is 4.24. The quantitative estimate of drug-likeness (QED) is 0.481. The minimum Gasteiger partial charge on any atom is -0.471 e. The Morgan fingerprint density at radius 2 is 1.80 bits per heavy atom. The Labute approximate surface area is 176 Å². The van der Waals surface area contributed by atoms with Gasteiger partial charge in [0.15, 0.2) is 18.2 Å². The third kappa shape index (κ3) is 4.66. The first kappa shape index (κ1) is 19.7. The molecule has 1 amide bonds. The molecule has 0 aliphatic carbocycles. The van der Waals surface area contributed by atoms with Crippen molar-refractivity contribution >= 4 is 23.3 Å². The molecular formula is C21H17ClFN5O2. The molecule has 7 nitrogen and oxygen atoms in total. The molecule has 0 saturated carbocycles. The molecule has 0 aliphatic heterocycles. The molecular weight excluding hydrogens is 409 g/mol. The molecule has 152 valence electrons. The normalized spacial score (nSPS) is 10.7. The molecule has 0 bridgehead atoms. The van der Waals surface area contributed by atoms with Crippen LogP contribution in [-0.4, -0.2) is 25.5 Å². The van der Waals surface area contributed by atoms with E-state index in [1.807, 2.05) is 30.3 Å². The summed E-state index contributed by atoms with van der Waals surface area (Å²) >= 11 is 6.05. The zero-order valence-corrected chi connectivity index (χ0v) is 16.5. The number of amides is 1. The number of aromatic nitrogens is 4. The fraction of sp³-hybridized carbons (Fsp3) is 0.0952. The van der Waals surface area contributed by atoms with Gasteiger partial charge in [0.25, 0.3) is 5.91 Å². The Hall–Kier alpha value is -3.65. The van der Waals surface area contributed by atoms with E-state index < -0.39 is 11.7 Å². The van der Waals surface area contributed by atoms with Gasteiger partial charge >= 0.3 is 0 Å². The minimum atomic E-state index is -0.414. The molecule has 9 heteroatoms. The Morgan fingerprint density at radius 1 is 1.00 bits per heavy atom. The van der Waals surface area contributed by atoms with E-state index in [-0.39, 0.29) is 19.0 Å². The van der Waals surface area contributed by atoms with E-state index in [1.54, 1.807) is 36.7 Å². The maximum Gasteiger partial charge on any atom is 0.277 e. The molecule has 0 spiro atoms. The molecule has 4 rings (SSSR count). The maximum absolute atomic E-state index is 13.9. The number of carbonyl (C=O) groups is 1. The number of hydrogen-bond donors (Lipinski definition) is 1. The fourth-order valence-corrected chi connectivity index (χ4v) is 2.98. The molecule has 2 aromatic heterocycles. The molecule has 0 unspecified atom stereocenters. The van der Waals surface area contributed by atoms with Crippen LogP contribution in [0.25, 0.3) is 0 Å². The van der Waals surface area contributed by atoms with Gasteiger partial charge in [0.05, 0.1) is 6.54 Å². The lowest BCUT2D eigenvalue weighted by molar-refractivity contribution is 0.101. The molecule has 30 heavy (non-hydrogen) atoms. The van der Waals surface area contributed by atoms with Gasteiger partial charge in [-0.05, 0) is 30.3 Å². The summed E-state index contributed by atoms with van der Waals surface area (Å²) in [7, 11) is 0. The first-order valence-corrected chi connectivity index (χ1v) is 9.45. The highest BCUT2D eigenvalue weighted by molar-refractivity contribution is 6.31. The Balaban J connectivity index is 1.36. The summed E-state index contributed by atoms with van der Waals surface area (Å²) in [4.78, 5) is 12.4. The fourth-order valence-electron chi connectivity index (χ4n) is 2.75. The average molecular weight is 426 g/mol. The van der Waals surface area contributed by atoms with Crippen LogP contribution >= 0.6 is 11.6 Å². The number of nitrogens with one attached hydrogen (secondary N) is 1. The van der Waals surface area contributed by atoms with Crippen molar-refractivity contribution in [1.29, 1.82) is 0 Å². The second-order valence-corrected chi connectivity index (χ2v) is 6.79. The van der Waals surface area contributed by atoms with Gasteiger partial charge in [-0.1, -0.05) is 35.9 Å². The predicted molar refractivity (Wildman–Crippen MR) is 110 cm³/mol. The lowest BCUT2D eigenvalue weighted by Crippen LogP contribution is -2.15. The van der Waals surface area contributed by atoms with Gasteiger partial charge < -0.3 is 10.1 Å². The van der Waals surface area contributed by atoms with Crippen LogP contribution in [0, 0.1) is 5.82 Å². The zero-order chi connectivity index (χ0) is 20.9. The minimum absolute atomic E-state index is 0.146. The van der Waals surface area contributed by atoms with Gasteiger partial charge in [-0.15, -0.1) is 0 Å². The van der Waals surface area contributed by atoms with Crippen LogP contribution in [0.3, 0.4) is 0 Å². The number of benzene rings is 2. The van der Waals surface area contributed by atoms with Crippen LogP contribution in [0.2, 0.25) is 5.02 Å². The first-order valence-electron chi connectivity index (χ1n) is 9.07. The summed E-state index contributed by atoms with van der Waals surface area (Å²) in [6.45, 7) is 0.322. The van der Waals surface area contributed by atoms with Crippen LogP contribution in [0.1, 0.15) is 16.1 Å². The topological polar surface area (TPSA) is 74.0 Å². The van der Waals surface area contributed by atoms with Crippen molar-refractivity contribution in [3.8, 4) is 5.75 Å². The maximum atomic E-state index is 13.9. The van der Waals surface area contributed by atoms with Crippen LogP contribution in [-0.2, 0) is 13.3 Å². The highest BCUT2D eigenvalue weighted by Crippen LogP contribution is 2.20. The average Bonchev–Trinajstić information content (AvgIpc) is 3.40. The zero-order valence-electron chi connectivity index (χ0n) is 15.7. The Bertz CT molecular complexity index is 1140. The van der Waals surface area contributed by atoms with E-state index in [0.717, 1.165) is 0 Å². The van der Waals surface area contributed by atoms with Crippen LogP contribution in [0.5, 0.6) is 5.75 Å². The van der Waals surface area contributed by atoms with Gasteiger partial charge in [-0.25, -0.2) is 9.07 Å². The molecule has 0 radical (unpaired) electrons. The van der Waals surface area contributed by atoms with Gasteiger partial charge in [-0.3, -0.25) is 9.48 Å². The molecule has 1 N–H and O–H groups in total. The second kappa shape index (κ2) is 8.79. The van der Waals surface area contributed by atoms with Crippen molar-refractivity contribution in [1.82, 2.24) is 19.6 Å². The third-order valence-corrected chi connectivity index (χ3v) is 4.60. The first-order chi connectivity index (χ1) is 14.6. The van der Waals surface area contributed by atoms with Crippen molar-refractivity contribution in [3.63, 3.8) is 0 Å². The number of ether oxygens (including phenoxy) is 1. The summed E-state index contributed by atoms with van der Waals surface area (Å²) < 4.78 is 22.5. The molecule has 0 fully saturated rings. The number of halogens is 2.